The van der Waals surface area contributed by atoms with Gasteiger partial charge in [-0.15, -0.1) is 0 Å². The van der Waals surface area contributed by atoms with Crippen LogP contribution in [0.25, 0.3) is 0 Å². The number of rotatable bonds is 0. The minimum atomic E-state index is 0.236. The molecule has 0 aromatic rings. The Balaban J connectivity index is 1.84. The molecule has 2 bridgehead atoms. The molecule has 2 nitrogen and oxygen atoms in total. The van der Waals surface area contributed by atoms with Crippen LogP contribution in [0.1, 0.15) is 32.1 Å². The Morgan fingerprint density at radius 3 is 2.77 bits per heavy atom. The fourth-order valence-electron chi connectivity index (χ4n) is 5.25. The maximum Gasteiger partial charge on any atom is 0.0162 e. The van der Waals surface area contributed by atoms with Gasteiger partial charge in [-0.25, -0.2) is 0 Å². The lowest BCUT2D eigenvalue weighted by Crippen LogP contribution is -2.45. The van der Waals surface area contributed by atoms with Crippen molar-refractivity contribution in [3.8, 4) is 0 Å². The summed E-state index contributed by atoms with van der Waals surface area (Å²) in [6.07, 6.45) is 6.55. The lowest BCUT2D eigenvalue weighted by molar-refractivity contribution is 0.203. The Bertz CT molecular complexity index is 286. The van der Waals surface area contributed by atoms with E-state index in [2.05, 4.69) is 0 Å². The highest BCUT2D eigenvalue weighted by Crippen LogP contribution is 2.76. The Labute approximate surface area is 79.0 Å². The molecule has 72 valence electrons. The van der Waals surface area contributed by atoms with E-state index in [1.54, 1.807) is 0 Å². The molecule has 4 aliphatic carbocycles. The van der Waals surface area contributed by atoms with Gasteiger partial charge in [-0.3, -0.25) is 0 Å². The molecule has 0 saturated heterocycles. The topological polar surface area (TPSA) is 52.0 Å². The average Bonchev–Trinajstić information content (AvgIpc) is 2.60. The Morgan fingerprint density at radius 2 is 1.92 bits per heavy atom. The van der Waals surface area contributed by atoms with Crippen molar-refractivity contribution in [2.24, 2.45) is 34.6 Å². The van der Waals surface area contributed by atoms with Crippen LogP contribution in [-0.4, -0.2) is 11.6 Å². The maximum absolute atomic E-state index is 6.40. The summed E-state index contributed by atoms with van der Waals surface area (Å²) < 4.78 is 0. The van der Waals surface area contributed by atoms with Crippen molar-refractivity contribution in [2.45, 2.75) is 43.7 Å². The normalized spacial score (nSPS) is 72.5. The van der Waals surface area contributed by atoms with Gasteiger partial charge in [-0.05, 0) is 55.3 Å². The molecule has 13 heavy (non-hydrogen) atoms. The van der Waals surface area contributed by atoms with Gasteiger partial charge in [0.15, 0.2) is 0 Å². The zero-order chi connectivity index (χ0) is 8.84. The third-order valence-electron chi connectivity index (χ3n) is 5.65. The zero-order valence-electron chi connectivity index (χ0n) is 8.00. The van der Waals surface area contributed by atoms with E-state index in [1.165, 1.54) is 32.1 Å². The number of hydrogen-bond acceptors (Lipinski definition) is 2. The van der Waals surface area contributed by atoms with Gasteiger partial charge in [-0.1, -0.05) is 0 Å². The number of nitrogens with two attached hydrogens (primary N) is 2. The molecule has 0 aromatic carbocycles. The maximum atomic E-state index is 6.40. The van der Waals surface area contributed by atoms with E-state index in [9.17, 15) is 0 Å². The van der Waals surface area contributed by atoms with Crippen LogP contribution in [0, 0.1) is 23.2 Å². The van der Waals surface area contributed by atoms with Crippen molar-refractivity contribution in [2.75, 3.05) is 0 Å². The first-order valence-electron chi connectivity index (χ1n) is 5.69. The highest BCUT2D eigenvalue weighted by atomic mass is 14.9. The van der Waals surface area contributed by atoms with Crippen molar-refractivity contribution in [3.63, 3.8) is 0 Å². The highest BCUT2D eigenvalue weighted by Gasteiger charge is 2.74. The summed E-state index contributed by atoms with van der Waals surface area (Å²) in [6.45, 7) is 0. The molecule has 4 fully saturated rings. The van der Waals surface area contributed by atoms with Gasteiger partial charge in [0.1, 0.15) is 0 Å². The fourth-order valence-corrected chi connectivity index (χ4v) is 5.25. The van der Waals surface area contributed by atoms with Crippen molar-refractivity contribution in [1.82, 2.24) is 0 Å². The lowest BCUT2D eigenvalue weighted by atomic mass is 9.75. The quantitative estimate of drug-likeness (QED) is 0.578. The zero-order valence-corrected chi connectivity index (χ0v) is 8.00. The van der Waals surface area contributed by atoms with Crippen LogP contribution in [0.5, 0.6) is 0 Å². The minimum absolute atomic E-state index is 0.236. The first-order valence-corrected chi connectivity index (χ1v) is 5.69. The molecule has 6 unspecified atom stereocenters. The summed E-state index contributed by atoms with van der Waals surface area (Å²) in [7, 11) is 0. The molecule has 6 atom stereocenters. The van der Waals surface area contributed by atoms with E-state index in [-0.39, 0.29) is 5.54 Å². The van der Waals surface area contributed by atoms with Crippen LogP contribution < -0.4 is 11.5 Å². The van der Waals surface area contributed by atoms with Crippen molar-refractivity contribution >= 4 is 0 Å². The van der Waals surface area contributed by atoms with Crippen LogP contribution in [0.15, 0.2) is 0 Å². The van der Waals surface area contributed by atoms with E-state index < -0.39 is 0 Å². The Morgan fingerprint density at radius 1 is 1.08 bits per heavy atom. The molecule has 4 saturated carbocycles. The minimum Gasteiger partial charge on any atom is -0.327 e. The van der Waals surface area contributed by atoms with E-state index >= 15 is 0 Å². The predicted molar refractivity (Wildman–Crippen MR) is 50.9 cm³/mol. The van der Waals surface area contributed by atoms with E-state index in [0.29, 0.717) is 11.5 Å². The summed E-state index contributed by atoms with van der Waals surface area (Å²) in [4.78, 5) is 0. The van der Waals surface area contributed by atoms with Gasteiger partial charge in [0.2, 0.25) is 0 Å². The molecule has 1 spiro atoms. The summed E-state index contributed by atoms with van der Waals surface area (Å²) in [5, 5.41) is 0. The second-order valence-corrected chi connectivity index (χ2v) is 6.20. The van der Waals surface area contributed by atoms with Crippen LogP contribution >= 0.6 is 0 Å². The molecule has 0 radical (unpaired) electrons. The first-order chi connectivity index (χ1) is 6.14. The smallest absolute Gasteiger partial charge is 0.0162 e. The summed E-state index contributed by atoms with van der Waals surface area (Å²) in [5.41, 5.74) is 13.5. The molecular weight excluding hydrogens is 160 g/mol. The summed E-state index contributed by atoms with van der Waals surface area (Å²) >= 11 is 0. The second-order valence-electron chi connectivity index (χ2n) is 6.20. The molecule has 4 rings (SSSR count). The number of hydrogen-bond donors (Lipinski definition) is 2. The lowest BCUT2D eigenvalue weighted by Gasteiger charge is -2.35. The van der Waals surface area contributed by atoms with Crippen LogP contribution in [0.3, 0.4) is 0 Å². The molecule has 0 heterocycles. The molecule has 4 aliphatic rings. The Hall–Kier alpha value is -0.0800. The Kier molecular flexibility index (Phi) is 0.947. The molecule has 4 N–H and O–H groups in total. The largest absolute Gasteiger partial charge is 0.327 e. The van der Waals surface area contributed by atoms with Gasteiger partial charge < -0.3 is 11.5 Å². The summed E-state index contributed by atoms with van der Waals surface area (Å²) in [5.74, 6) is 2.73. The van der Waals surface area contributed by atoms with Gasteiger partial charge in [0.25, 0.3) is 0 Å². The SMILES string of the molecule is NC1CC2CC3(N)CC4CC14C2C3. The molecule has 0 aliphatic heterocycles. The van der Waals surface area contributed by atoms with Gasteiger partial charge in [-0.2, -0.15) is 0 Å². The molecule has 2 heteroatoms. The monoisotopic (exact) mass is 178 g/mol. The van der Waals surface area contributed by atoms with Crippen molar-refractivity contribution in [1.29, 1.82) is 0 Å². The van der Waals surface area contributed by atoms with Gasteiger partial charge >= 0.3 is 0 Å². The van der Waals surface area contributed by atoms with E-state index in [4.69, 9.17) is 11.5 Å². The number of fused-ring (bicyclic) bond motifs is 1. The van der Waals surface area contributed by atoms with Crippen LogP contribution in [-0.2, 0) is 0 Å². The summed E-state index contributed by atoms with van der Waals surface area (Å²) in [6, 6.07) is 0.525. The van der Waals surface area contributed by atoms with Crippen LogP contribution in [0.2, 0.25) is 0 Å². The van der Waals surface area contributed by atoms with E-state index in [1.807, 2.05) is 0 Å². The van der Waals surface area contributed by atoms with Gasteiger partial charge in [0.05, 0.1) is 0 Å². The van der Waals surface area contributed by atoms with Crippen molar-refractivity contribution < 1.29 is 0 Å². The van der Waals surface area contributed by atoms with Gasteiger partial charge in [0, 0.05) is 11.6 Å². The third kappa shape index (κ3) is 0.608. The fraction of sp³-hybridized carbons (Fsp3) is 1.00. The molecular formula is C11H18N2. The van der Waals surface area contributed by atoms with E-state index in [0.717, 1.165) is 17.8 Å². The second kappa shape index (κ2) is 1.70. The highest BCUT2D eigenvalue weighted by molar-refractivity contribution is 5.27. The van der Waals surface area contributed by atoms with Crippen molar-refractivity contribution in [3.05, 3.63) is 0 Å². The molecule has 0 amide bonds. The first kappa shape index (κ1) is 7.24. The predicted octanol–water partition coefficient (Wildman–Crippen LogP) is 0.851. The standard InChI is InChI=1S/C11H18N2/c12-9-1-6-2-10(13)3-7-4-11(7,9)8(6)5-10/h6-9H,1-5,12-13H2. The van der Waals surface area contributed by atoms with Crippen LogP contribution in [0.4, 0.5) is 0 Å². The third-order valence-corrected chi connectivity index (χ3v) is 5.65. The molecule has 0 aromatic heterocycles. The average molecular weight is 178 g/mol.